The maximum absolute atomic E-state index is 6.52. The molecule has 1 aliphatic carbocycles. The molecule has 11 rings (SSSR count). The monoisotopic (exact) mass is 747 g/mol. The summed E-state index contributed by atoms with van der Waals surface area (Å²) in [6, 6.07) is 49.4. The first-order valence-electron chi connectivity index (χ1n) is 20.6. The van der Waals surface area contributed by atoms with Crippen LogP contribution in [0.5, 0.6) is 0 Å². The van der Waals surface area contributed by atoms with Crippen molar-refractivity contribution < 1.29 is 4.42 Å². The summed E-state index contributed by atoms with van der Waals surface area (Å²) >= 11 is 0. The topological polar surface area (TPSA) is 18.1 Å². The molecule has 2 nitrogen and oxygen atoms in total. The van der Waals surface area contributed by atoms with Gasteiger partial charge in [0.25, 0.3) is 0 Å². The molecule has 2 aromatic heterocycles. The Morgan fingerprint density at radius 1 is 0.448 bits per heavy atom. The number of fused-ring (bicyclic) bond motifs is 8. The van der Waals surface area contributed by atoms with E-state index in [-0.39, 0.29) is 0 Å². The molecule has 58 heavy (non-hydrogen) atoms. The van der Waals surface area contributed by atoms with Gasteiger partial charge in [0.05, 0.1) is 11.0 Å². The standard InChI is InChI=1S/C56H45NO/c1-32-26-34(3)52(35(4)27-32)54-43-16-7-8-17-44(43)55(53-36(5)28-33(2)29-37(53)6)48-31-39(23-24-45(48)54)57-49-20-11-9-14-41(49)47-30-38(22-25-50(47)57)40-18-13-19-46-42-15-10-12-21-51(42)58-56(40)46/h7-22,25-31H,23-24H2,1-6H3. The molecule has 2 heterocycles. The number of hydrogen-bond donors (Lipinski definition) is 0. The Labute approximate surface area is 339 Å². The number of aryl methyl sites for hydroxylation is 6. The third kappa shape index (κ3) is 5.11. The minimum absolute atomic E-state index is 0.922. The lowest BCUT2D eigenvalue weighted by Gasteiger charge is -2.29. The van der Waals surface area contributed by atoms with E-state index in [4.69, 9.17) is 4.42 Å². The summed E-state index contributed by atoms with van der Waals surface area (Å²) in [5, 5.41) is 7.48. The lowest BCUT2D eigenvalue weighted by Crippen LogP contribution is -2.10. The summed E-state index contributed by atoms with van der Waals surface area (Å²) in [5.41, 5.74) is 24.2. The van der Waals surface area contributed by atoms with Gasteiger partial charge in [-0.05, 0) is 157 Å². The van der Waals surface area contributed by atoms with Crippen LogP contribution in [-0.2, 0) is 6.42 Å². The average molecular weight is 748 g/mol. The van der Waals surface area contributed by atoms with Crippen LogP contribution in [0.3, 0.4) is 0 Å². The van der Waals surface area contributed by atoms with Crippen LogP contribution in [0.15, 0.2) is 138 Å². The number of rotatable bonds is 4. The predicted octanol–water partition coefficient (Wildman–Crippen LogP) is 15.6. The molecule has 2 heteroatoms. The second-order valence-electron chi connectivity index (χ2n) is 16.7. The molecule has 0 aliphatic heterocycles. The van der Waals surface area contributed by atoms with Gasteiger partial charge >= 0.3 is 0 Å². The van der Waals surface area contributed by atoms with Crippen molar-refractivity contribution in [2.75, 3.05) is 0 Å². The Morgan fingerprint density at radius 2 is 1.02 bits per heavy atom. The van der Waals surface area contributed by atoms with E-state index in [2.05, 4.69) is 180 Å². The van der Waals surface area contributed by atoms with Crippen molar-refractivity contribution in [1.82, 2.24) is 4.57 Å². The first kappa shape index (κ1) is 34.6. The van der Waals surface area contributed by atoms with E-state index in [1.165, 1.54) is 105 Å². The van der Waals surface area contributed by atoms with E-state index < -0.39 is 0 Å². The van der Waals surface area contributed by atoms with Gasteiger partial charge < -0.3 is 8.98 Å². The second kappa shape index (κ2) is 12.9. The van der Waals surface area contributed by atoms with E-state index in [0.717, 1.165) is 45.9 Å². The Kier molecular flexibility index (Phi) is 7.72. The van der Waals surface area contributed by atoms with Gasteiger partial charge in [-0.3, -0.25) is 0 Å². The van der Waals surface area contributed by atoms with Crippen molar-refractivity contribution in [2.24, 2.45) is 0 Å². The predicted molar refractivity (Wildman–Crippen MR) is 248 cm³/mol. The first-order valence-corrected chi connectivity index (χ1v) is 20.6. The third-order valence-corrected chi connectivity index (χ3v) is 12.8. The SMILES string of the molecule is Cc1cc(C)c(-c2c3c(c(-c4c(C)cc(C)cc4C)c4ccccc24)CCC(n2c4ccccc4c4cc(-c5cccc6c5oc5ccccc56)ccc42)=C3)c(C)c1. The zero-order valence-corrected chi connectivity index (χ0v) is 34.0. The summed E-state index contributed by atoms with van der Waals surface area (Å²) in [6.45, 7) is 13.6. The van der Waals surface area contributed by atoms with E-state index >= 15 is 0 Å². The fourth-order valence-electron chi connectivity index (χ4n) is 10.7. The number of benzene rings is 8. The van der Waals surface area contributed by atoms with Gasteiger partial charge in [-0.15, -0.1) is 0 Å². The maximum Gasteiger partial charge on any atom is 0.143 e. The maximum atomic E-state index is 6.52. The molecule has 10 aromatic rings. The molecule has 0 amide bonds. The largest absolute Gasteiger partial charge is 0.455 e. The molecule has 0 bridgehead atoms. The smallest absolute Gasteiger partial charge is 0.143 e. The molecule has 0 atom stereocenters. The number of hydrogen-bond acceptors (Lipinski definition) is 1. The molecule has 0 spiro atoms. The molecule has 0 N–H and O–H groups in total. The van der Waals surface area contributed by atoms with Gasteiger partial charge in [0.15, 0.2) is 0 Å². The minimum Gasteiger partial charge on any atom is -0.455 e. The summed E-state index contributed by atoms with van der Waals surface area (Å²) in [7, 11) is 0. The van der Waals surface area contributed by atoms with Crippen molar-refractivity contribution in [1.29, 1.82) is 0 Å². The van der Waals surface area contributed by atoms with Crippen LogP contribution in [-0.4, -0.2) is 4.57 Å². The number of para-hydroxylation sites is 3. The van der Waals surface area contributed by atoms with Gasteiger partial charge in [-0.1, -0.05) is 120 Å². The number of nitrogens with zero attached hydrogens (tertiary/aromatic N) is 1. The molecule has 0 radical (unpaired) electrons. The average Bonchev–Trinajstić information content (AvgIpc) is 3.76. The number of allylic oxidation sites excluding steroid dienone is 1. The molecule has 0 saturated carbocycles. The second-order valence-corrected chi connectivity index (χ2v) is 16.7. The highest BCUT2D eigenvalue weighted by molar-refractivity contribution is 6.16. The third-order valence-electron chi connectivity index (χ3n) is 12.8. The van der Waals surface area contributed by atoms with Crippen LogP contribution < -0.4 is 0 Å². The van der Waals surface area contributed by atoms with Crippen LogP contribution in [0.25, 0.3) is 99.7 Å². The number of aromatic nitrogens is 1. The van der Waals surface area contributed by atoms with Gasteiger partial charge in [0, 0.05) is 32.8 Å². The van der Waals surface area contributed by atoms with Gasteiger partial charge in [0.1, 0.15) is 11.2 Å². The molecular weight excluding hydrogens is 703 g/mol. The molecule has 8 aromatic carbocycles. The lowest BCUT2D eigenvalue weighted by atomic mass is 9.76. The fourth-order valence-corrected chi connectivity index (χ4v) is 10.7. The molecule has 0 unspecified atom stereocenters. The van der Waals surface area contributed by atoms with Crippen molar-refractivity contribution >= 4 is 66.3 Å². The van der Waals surface area contributed by atoms with Gasteiger partial charge in [-0.25, -0.2) is 0 Å². The highest BCUT2D eigenvalue weighted by Crippen LogP contribution is 2.50. The van der Waals surface area contributed by atoms with Crippen LogP contribution in [0.2, 0.25) is 0 Å². The Hall–Kier alpha value is -6.64. The normalized spacial score (nSPS) is 13.0. The molecule has 280 valence electrons. The highest BCUT2D eigenvalue weighted by Gasteiger charge is 2.28. The quantitative estimate of drug-likeness (QED) is 0.175. The molecule has 1 aliphatic rings. The van der Waals surface area contributed by atoms with E-state index in [9.17, 15) is 0 Å². The van der Waals surface area contributed by atoms with Gasteiger partial charge in [-0.2, -0.15) is 0 Å². The Bertz CT molecular complexity index is 3350. The summed E-state index contributed by atoms with van der Waals surface area (Å²) < 4.78 is 9.07. The minimum atomic E-state index is 0.922. The van der Waals surface area contributed by atoms with Crippen molar-refractivity contribution in [3.63, 3.8) is 0 Å². The van der Waals surface area contributed by atoms with Crippen molar-refractivity contribution in [3.05, 3.63) is 178 Å². The number of furan rings is 1. The summed E-state index contributed by atoms with van der Waals surface area (Å²) in [5.74, 6) is 0. The fraction of sp³-hybridized carbons (Fsp3) is 0.143. The molecule has 0 saturated heterocycles. The van der Waals surface area contributed by atoms with Crippen LogP contribution in [0, 0.1) is 41.5 Å². The van der Waals surface area contributed by atoms with E-state index in [1.54, 1.807) is 0 Å². The Balaban J connectivity index is 1.20. The zero-order valence-electron chi connectivity index (χ0n) is 34.0. The highest BCUT2D eigenvalue weighted by atomic mass is 16.3. The summed E-state index contributed by atoms with van der Waals surface area (Å²) in [4.78, 5) is 0. The molecule has 0 fully saturated rings. The summed E-state index contributed by atoms with van der Waals surface area (Å²) in [6.07, 6.45) is 4.43. The van der Waals surface area contributed by atoms with Crippen molar-refractivity contribution in [2.45, 2.75) is 54.4 Å². The van der Waals surface area contributed by atoms with Crippen LogP contribution >= 0.6 is 0 Å². The van der Waals surface area contributed by atoms with E-state index in [0.29, 0.717) is 0 Å². The van der Waals surface area contributed by atoms with E-state index in [1.807, 2.05) is 6.07 Å². The van der Waals surface area contributed by atoms with Crippen LogP contribution in [0.4, 0.5) is 0 Å². The Morgan fingerprint density at radius 3 is 1.72 bits per heavy atom. The first-order chi connectivity index (χ1) is 28.2. The van der Waals surface area contributed by atoms with Crippen molar-refractivity contribution in [3.8, 4) is 33.4 Å². The molecular formula is C56H45NO. The van der Waals surface area contributed by atoms with Crippen LogP contribution in [0.1, 0.15) is 50.9 Å². The lowest BCUT2D eigenvalue weighted by molar-refractivity contribution is 0.670. The van der Waals surface area contributed by atoms with Gasteiger partial charge in [0.2, 0.25) is 0 Å². The zero-order chi connectivity index (χ0) is 39.4.